The van der Waals surface area contributed by atoms with Crippen LogP contribution in [0.5, 0.6) is 0 Å². The lowest BCUT2D eigenvalue weighted by Gasteiger charge is -2.26. The highest BCUT2D eigenvalue weighted by molar-refractivity contribution is 7.66. The molecule has 3 unspecified atom stereocenters. The smallest absolute Gasteiger partial charge is 0.358 e. The zero-order valence-corrected chi connectivity index (χ0v) is 16.4. The molecule has 0 spiro atoms. The molecule has 0 aromatic carbocycles. The molecule has 1 fully saturated rings. The van der Waals surface area contributed by atoms with Crippen molar-refractivity contribution in [1.29, 1.82) is 0 Å². The maximum atomic E-state index is 11.7. The van der Waals surface area contributed by atoms with Gasteiger partial charge in [0.2, 0.25) is 0 Å². The van der Waals surface area contributed by atoms with Gasteiger partial charge < -0.3 is 29.1 Å². The minimum atomic E-state index is -5.53. The summed E-state index contributed by atoms with van der Waals surface area (Å²) in [5.41, 5.74) is 0. The van der Waals surface area contributed by atoms with Crippen LogP contribution in [0.4, 0.5) is 0 Å². The molecule has 0 saturated carbocycles. The Balaban J connectivity index is 2.66. The predicted octanol–water partition coefficient (Wildman–Crippen LogP) is 0.732. The fraction of sp³-hybridized carbons (Fsp3) is 1.00. The molecule has 0 bridgehead atoms. The number of rotatable bonds is 9. The Morgan fingerprint density at radius 1 is 1.04 bits per heavy atom. The minimum Gasteiger partial charge on any atom is -0.358 e. The van der Waals surface area contributed by atoms with Crippen molar-refractivity contribution in [2.75, 3.05) is 13.2 Å². The summed E-state index contributed by atoms with van der Waals surface area (Å²) in [6.07, 6.45) is -1.11. The molecule has 0 amide bonds. The van der Waals surface area contributed by atoms with Crippen LogP contribution in [-0.4, -0.2) is 57.8 Å². The minimum absolute atomic E-state index is 0.0283. The van der Waals surface area contributed by atoms with E-state index in [0.29, 0.717) is 6.54 Å². The highest BCUT2D eigenvalue weighted by Gasteiger charge is 2.44. The second-order valence-electron chi connectivity index (χ2n) is 5.50. The van der Waals surface area contributed by atoms with E-state index in [1.54, 1.807) is 6.92 Å². The number of hydrogen-bond acceptors (Lipinski definition) is 8. The highest BCUT2D eigenvalue weighted by atomic mass is 31.3. The third-order valence-corrected chi connectivity index (χ3v) is 7.49. The number of nitrogens with zero attached hydrogens (tertiary/aromatic N) is 1. The first-order chi connectivity index (χ1) is 11.2. The van der Waals surface area contributed by atoms with Crippen LogP contribution in [0.3, 0.4) is 0 Å². The van der Waals surface area contributed by atoms with Crippen molar-refractivity contribution in [2.45, 2.75) is 33.1 Å². The molecule has 25 heavy (non-hydrogen) atoms. The number of phosphoric ester groups is 1. The van der Waals surface area contributed by atoms with Gasteiger partial charge in [-0.2, -0.15) is 8.62 Å². The van der Waals surface area contributed by atoms with E-state index in [2.05, 4.69) is 13.1 Å². The summed E-state index contributed by atoms with van der Waals surface area (Å²) in [7, 11) is -10.3. The molecular formula is C9H21BNO11P3. The molecule has 1 aliphatic heterocycles. The average Bonchev–Trinajstić information content (AvgIpc) is 2.68. The molecule has 0 aliphatic carbocycles. The van der Waals surface area contributed by atoms with Crippen molar-refractivity contribution in [3.63, 3.8) is 0 Å². The summed E-state index contributed by atoms with van der Waals surface area (Å²) in [4.78, 5) is 36.9. The van der Waals surface area contributed by atoms with Crippen LogP contribution in [-0.2, 0) is 31.6 Å². The lowest BCUT2D eigenvalue weighted by atomic mass is 9.92. The van der Waals surface area contributed by atoms with Gasteiger partial charge in [-0.1, -0.05) is 20.8 Å². The summed E-state index contributed by atoms with van der Waals surface area (Å²) in [6, 6.07) is 0. The fourth-order valence-corrected chi connectivity index (χ4v) is 5.28. The number of phosphoric acid groups is 3. The maximum Gasteiger partial charge on any atom is 0.490 e. The van der Waals surface area contributed by atoms with Gasteiger partial charge in [-0.3, -0.25) is 4.52 Å². The van der Waals surface area contributed by atoms with Gasteiger partial charge in [0.1, 0.15) is 6.23 Å². The van der Waals surface area contributed by atoms with Crippen molar-refractivity contribution in [2.24, 2.45) is 11.8 Å². The number of hydrogen-bond donors (Lipinski definition) is 4. The maximum absolute atomic E-state index is 11.7. The van der Waals surface area contributed by atoms with Crippen LogP contribution >= 0.6 is 23.5 Å². The van der Waals surface area contributed by atoms with Crippen molar-refractivity contribution in [3.8, 4) is 0 Å². The highest BCUT2D eigenvalue weighted by Crippen LogP contribution is 2.66. The summed E-state index contributed by atoms with van der Waals surface area (Å²) in [6.45, 7) is 5.52. The van der Waals surface area contributed by atoms with E-state index in [1.165, 1.54) is 4.81 Å². The van der Waals surface area contributed by atoms with E-state index < -0.39 is 42.4 Å². The fourth-order valence-electron chi connectivity index (χ4n) is 2.25. The van der Waals surface area contributed by atoms with Crippen LogP contribution in [0, 0.1) is 11.8 Å². The molecule has 4 N–H and O–H groups in total. The summed E-state index contributed by atoms with van der Waals surface area (Å²) < 4.78 is 51.0. The van der Waals surface area contributed by atoms with Crippen LogP contribution < -0.4 is 0 Å². The molecule has 146 valence electrons. The van der Waals surface area contributed by atoms with Crippen molar-refractivity contribution in [3.05, 3.63) is 0 Å². The van der Waals surface area contributed by atoms with Crippen molar-refractivity contribution < 1.29 is 51.2 Å². The first kappa shape index (κ1) is 23.4. The SMILES string of the molecule is [B]N(CC)[C@@H]1O[C@H](COP(=O)(O)OP(=O)(O)OP(=O)(O)O)C(C)[C@@H]1C. The quantitative estimate of drug-likeness (QED) is 0.303. The second-order valence-corrected chi connectivity index (χ2v) is 9.92. The van der Waals surface area contributed by atoms with Crippen LogP contribution in [0.15, 0.2) is 0 Å². The molecule has 0 aromatic heterocycles. The average molecular weight is 423 g/mol. The molecule has 1 saturated heterocycles. The van der Waals surface area contributed by atoms with E-state index in [4.69, 9.17) is 27.4 Å². The van der Waals surface area contributed by atoms with Crippen LogP contribution in [0.25, 0.3) is 0 Å². The molecule has 0 aromatic rings. The zero-order valence-electron chi connectivity index (χ0n) is 13.7. The van der Waals surface area contributed by atoms with Gasteiger partial charge in [-0.25, -0.2) is 13.7 Å². The Morgan fingerprint density at radius 2 is 1.60 bits per heavy atom. The molecule has 12 nitrogen and oxygen atoms in total. The summed E-state index contributed by atoms with van der Waals surface area (Å²) in [5, 5.41) is 0. The molecule has 1 heterocycles. The van der Waals surface area contributed by atoms with E-state index in [9.17, 15) is 18.6 Å². The third kappa shape index (κ3) is 7.50. The van der Waals surface area contributed by atoms with Gasteiger partial charge in [-0.15, -0.1) is 0 Å². The Labute approximate surface area is 146 Å². The first-order valence-electron chi connectivity index (χ1n) is 7.12. The molecule has 1 aliphatic rings. The van der Waals surface area contributed by atoms with E-state index in [-0.39, 0.29) is 11.8 Å². The van der Waals surface area contributed by atoms with Gasteiger partial charge in [0, 0.05) is 0 Å². The second kappa shape index (κ2) is 8.60. The zero-order chi connectivity index (χ0) is 19.6. The van der Waals surface area contributed by atoms with Gasteiger partial charge in [-0.05, 0) is 18.4 Å². The lowest BCUT2D eigenvalue weighted by molar-refractivity contribution is -0.0473. The Morgan fingerprint density at radius 3 is 2.08 bits per heavy atom. The molecule has 1 rings (SSSR count). The van der Waals surface area contributed by atoms with Crippen LogP contribution in [0.2, 0.25) is 0 Å². The molecule has 2 radical (unpaired) electrons. The van der Waals surface area contributed by atoms with Gasteiger partial charge >= 0.3 is 23.5 Å². The van der Waals surface area contributed by atoms with E-state index in [1.807, 2.05) is 13.8 Å². The topological polar surface area (TPSA) is 172 Å². The largest absolute Gasteiger partial charge is 0.490 e. The molecule has 6 atom stereocenters. The Kier molecular flexibility index (Phi) is 8.06. The van der Waals surface area contributed by atoms with Crippen molar-refractivity contribution in [1.82, 2.24) is 4.81 Å². The summed E-state index contributed by atoms with van der Waals surface area (Å²) >= 11 is 0. The third-order valence-electron chi connectivity index (χ3n) is 3.69. The Hall–Kier alpha value is 0.395. The first-order valence-corrected chi connectivity index (χ1v) is 11.6. The van der Waals surface area contributed by atoms with Crippen LogP contribution in [0.1, 0.15) is 20.8 Å². The standard InChI is InChI=1S/C9H21BNO11P3/c1-4-11(10)9-7(3)6(2)8(20-9)5-19-24(15,16)22-25(17,18)21-23(12,13)14/h6-9H,4-5H2,1-3H3,(H,15,16)(H,17,18)(H2,12,13,14)/t6?,7-,8+,9+/m0/s1. The van der Waals surface area contributed by atoms with E-state index in [0.717, 1.165) is 0 Å². The molecule has 16 heteroatoms. The van der Waals surface area contributed by atoms with Gasteiger partial charge in [0.25, 0.3) is 0 Å². The monoisotopic (exact) mass is 423 g/mol. The molecular weight excluding hydrogens is 402 g/mol. The van der Waals surface area contributed by atoms with Gasteiger partial charge in [0.05, 0.1) is 12.7 Å². The van der Waals surface area contributed by atoms with Gasteiger partial charge in [0.15, 0.2) is 7.98 Å². The predicted molar refractivity (Wildman–Crippen MR) is 84.9 cm³/mol. The normalized spacial score (nSPS) is 32.5. The lowest BCUT2D eigenvalue weighted by Crippen LogP contribution is -2.37. The van der Waals surface area contributed by atoms with Crippen molar-refractivity contribution >= 4 is 31.4 Å². The Bertz CT molecular complexity index is 599. The number of ether oxygens (including phenoxy) is 1. The summed E-state index contributed by atoms with van der Waals surface area (Å²) in [5.74, 6) is -0.158. The van der Waals surface area contributed by atoms with E-state index >= 15 is 0 Å².